The molecule has 16 nitrogen and oxygen atoms in total. The summed E-state index contributed by atoms with van der Waals surface area (Å²) in [6.07, 6.45) is -1.49. The third-order valence-electron chi connectivity index (χ3n) is 15.7. The molecule has 0 aromatic heterocycles. The minimum atomic E-state index is -1.40. The normalized spacial score (nSPS) is 44.3. The van der Waals surface area contributed by atoms with Gasteiger partial charge in [-0.25, -0.2) is 4.79 Å². The Morgan fingerprint density at radius 1 is 0.955 bits per heavy atom. The number of methoxy groups -OCH3 is 1. The molecule has 5 aliphatic rings. The van der Waals surface area contributed by atoms with Crippen molar-refractivity contribution < 1.29 is 66.9 Å². The number of carbonyl (C=O) groups excluding carboxylic acids is 4. The number of terminal acetylenes is 1. The number of esters is 3. The van der Waals surface area contributed by atoms with E-state index in [1.54, 1.807) is 52.1 Å². The molecule has 5 aliphatic heterocycles. The second-order valence-electron chi connectivity index (χ2n) is 21.0. The van der Waals surface area contributed by atoms with E-state index in [2.05, 4.69) is 5.92 Å². The summed E-state index contributed by atoms with van der Waals surface area (Å²) in [5.41, 5.74) is -4.65. The van der Waals surface area contributed by atoms with Crippen molar-refractivity contribution in [3.63, 3.8) is 0 Å². The van der Waals surface area contributed by atoms with Gasteiger partial charge in [-0.2, -0.15) is 0 Å². The number of ether oxygens (including phenoxy) is 9. The van der Waals surface area contributed by atoms with Crippen LogP contribution in [0.5, 0.6) is 0 Å². The molecule has 6 rings (SSSR count). The van der Waals surface area contributed by atoms with Crippen LogP contribution in [-0.2, 0) is 57.0 Å². The molecule has 1 aromatic carbocycles. The number of cyclic esters (lactones) is 1. The molecule has 1 N–H and O–H groups in total. The third-order valence-corrected chi connectivity index (χ3v) is 15.7. The lowest BCUT2D eigenvalue weighted by molar-refractivity contribution is -0.319. The first-order chi connectivity index (χ1) is 31.4. The molecule has 0 bridgehead atoms. The maximum Gasteiger partial charge on any atom is 0.338 e. The van der Waals surface area contributed by atoms with Gasteiger partial charge in [-0.1, -0.05) is 51.8 Å². The zero-order valence-corrected chi connectivity index (χ0v) is 42.0. The zero-order chi connectivity index (χ0) is 49.6. The first-order valence-electron chi connectivity index (χ1n) is 23.9. The quantitative estimate of drug-likeness (QED) is 0.181. The average Bonchev–Trinajstić information content (AvgIpc) is 3.74. The number of aliphatic hydroxyl groups excluding tert-OH is 1. The van der Waals surface area contributed by atoms with E-state index in [-0.39, 0.29) is 50.3 Å². The second kappa shape index (κ2) is 20.5. The Balaban J connectivity index is 1.47. The van der Waals surface area contributed by atoms with Crippen molar-refractivity contribution in [3.8, 4) is 12.3 Å². The predicted molar refractivity (Wildman–Crippen MR) is 245 cm³/mol. The van der Waals surface area contributed by atoms with Crippen LogP contribution in [0.3, 0.4) is 0 Å². The summed E-state index contributed by atoms with van der Waals surface area (Å²) in [5, 5.41) is 11.9. The highest BCUT2D eigenvalue weighted by Crippen LogP contribution is 2.56. The molecule has 0 radical (unpaired) electrons. The van der Waals surface area contributed by atoms with E-state index < -0.39 is 119 Å². The number of rotatable bonds is 11. The molecule has 374 valence electrons. The van der Waals surface area contributed by atoms with Crippen molar-refractivity contribution in [2.24, 2.45) is 29.1 Å². The number of likely N-dealkylation sites (tertiary alicyclic amines) is 1. The Hall–Kier alpha value is -3.50. The number of likely N-dealkylation sites (N-methyl/N-ethyl adjacent to an activating group) is 2. The largest absolute Gasteiger partial charge is 0.458 e. The van der Waals surface area contributed by atoms with Gasteiger partial charge in [0.25, 0.3) is 0 Å². The van der Waals surface area contributed by atoms with Crippen LogP contribution in [0.1, 0.15) is 105 Å². The third kappa shape index (κ3) is 10.1. The minimum Gasteiger partial charge on any atom is -0.458 e. The highest BCUT2D eigenvalue weighted by molar-refractivity contribution is 5.91. The van der Waals surface area contributed by atoms with Gasteiger partial charge in [0.05, 0.1) is 41.5 Å². The molecule has 0 unspecified atom stereocenters. The van der Waals surface area contributed by atoms with Crippen LogP contribution in [0.4, 0.5) is 0 Å². The summed E-state index contributed by atoms with van der Waals surface area (Å²) in [5.74, 6) is -2.44. The highest BCUT2D eigenvalue weighted by Gasteiger charge is 2.71. The van der Waals surface area contributed by atoms with Crippen LogP contribution in [0, 0.1) is 41.4 Å². The first kappa shape index (κ1) is 52.9. The number of Topliss-reactive ketones (excluding diaryl/α,β-unsaturated/α-hetero) is 1. The molecule has 0 spiro atoms. The summed E-state index contributed by atoms with van der Waals surface area (Å²) in [6.45, 7) is 18.3. The van der Waals surface area contributed by atoms with Crippen molar-refractivity contribution in [1.29, 1.82) is 0 Å². The van der Waals surface area contributed by atoms with E-state index in [4.69, 9.17) is 49.1 Å². The van der Waals surface area contributed by atoms with Gasteiger partial charge >= 0.3 is 17.9 Å². The molecular weight excluding hydrogens is 865 g/mol. The number of hydrogen-bond acceptors (Lipinski definition) is 16. The molecule has 5 saturated heterocycles. The van der Waals surface area contributed by atoms with Crippen molar-refractivity contribution in [2.45, 2.75) is 179 Å². The minimum absolute atomic E-state index is 0.0702. The van der Waals surface area contributed by atoms with Crippen molar-refractivity contribution >= 4 is 23.7 Å². The summed E-state index contributed by atoms with van der Waals surface area (Å²) < 4.78 is 58.7. The Labute approximate surface area is 397 Å². The molecule has 5 heterocycles. The lowest BCUT2D eigenvalue weighted by Crippen LogP contribution is -2.62. The molecule has 5 fully saturated rings. The van der Waals surface area contributed by atoms with Gasteiger partial charge in [0.2, 0.25) is 0 Å². The molecule has 19 atom stereocenters. The number of hydrogen-bond donors (Lipinski definition) is 1. The number of aliphatic hydroxyl groups is 1. The molecule has 0 saturated carbocycles. The molecule has 0 amide bonds. The lowest BCUT2D eigenvalue weighted by Gasteiger charge is -2.50. The molecule has 0 aliphatic carbocycles. The van der Waals surface area contributed by atoms with E-state index in [1.165, 1.54) is 7.11 Å². The highest BCUT2D eigenvalue weighted by atomic mass is 16.7. The monoisotopic (exact) mass is 941 g/mol. The van der Waals surface area contributed by atoms with Gasteiger partial charge in [-0.05, 0) is 94.1 Å². The molecule has 16 heteroatoms. The van der Waals surface area contributed by atoms with Crippen molar-refractivity contribution in [3.05, 3.63) is 35.9 Å². The van der Waals surface area contributed by atoms with E-state index in [0.29, 0.717) is 12.0 Å². The van der Waals surface area contributed by atoms with Crippen LogP contribution in [0.25, 0.3) is 0 Å². The summed E-state index contributed by atoms with van der Waals surface area (Å²) in [6, 6.07) is 7.55. The second-order valence-corrected chi connectivity index (χ2v) is 21.0. The Morgan fingerprint density at radius 2 is 1.63 bits per heavy atom. The SMILES string of the molecule is C#CCO[C@@]1(C)C[C@@H](C)C(=O)[C@]2(C)CN(C)[C@H]3C(=O)O[C@](C)([C@@H](CC)OC(=O)[C@H](C)[C@@H](O[C@H]4C[C@@](C)(OC)[C@@H](OC(=O)c5ccccc5)[C@H](C)O4)[C@H](C)[C@H]1O[C@@H]1O[C@H](C)C[C@H](N(C)C)[C@H]1O)[C@H]32. The number of carbonyl (C=O) groups is 4. The van der Waals surface area contributed by atoms with Crippen LogP contribution in [0.2, 0.25) is 0 Å². The maximum absolute atomic E-state index is 15.3. The predicted octanol–water partition coefficient (Wildman–Crippen LogP) is 4.81. The smallest absolute Gasteiger partial charge is 0.338 e. The Kier molecular flexibility index (Phi) is 16.1. The fourth-order valence-electron chi connectivity index (χ4n) is 12.4. The summed E-state index contributed by atoms with van der Waals surface area (Å²) in [7, 11) is 7.10. The topological polar surface area (TPSA) is 178 Å². The average molecular weight is 941 g/mol. The number of benzene rings is 1. The van der Waals surface area contributed by atoms with E-state index in [1.807, 2.05) is 78.4 Å². The zero-order valence-electron chi connectivity index (χ0n) is 42.0. The van der Waals surface area contributed by atoms with Gasteiger partial charge in [-0.15, -0.1) is 6.42 Å². The number of ketones is 1. The summed E-state index contributed by atoms with van der Waals surface area (Å²) in [4.78, 5) is 61.4. The van der Waals surface area contributed by atoms with Crippen molar-refractivity contribution in [1.82, 2.24) is 9.80 Å². The Bertz CT molecular complexity index is 1980. The van der Waals surface area contributed by atoms with E-state index in [0.717, 1.165) is 0 Å². The lowest BCUT2D eigenvalue weighted by atomic mass is 9.62. The van der Waals surface area contributed by atoms with Gasteiger partial charge in [-0.3, -0.25) is 19.3 Å². The fourth-order valence-corrected chi connectivity index (χ4v) is 12.4. The van der Waals surface area contributed by atoms with Crippen LogP contribution in [-0.4, -0.2) is 164 Å². The first-order valence-corrected chi connectivity index (χ1v) is 23.9. The fraction of sp³-hybridized carbons (Fsp3) is 0.765. The van der Waals surface area contributed by atoms with Gasteiger partial charge < -0.3 is 52.6 Å². The van der Waals surface area contributed by atoms with E-state index in [9.17, 15) is 19.5 Å². The number of nitrogens with zero attached hydrogens (tertiary/aromatic N) is 2. The van der Waals surface area contributed by atoms with Gasteiger partial charge in [0.1, 0.15) is 36.2 Å². The van der Waals surface area contributed by atoms with Crippen LogP contribution < -0.4 is 0 Å². The van der Waals surface area contributed by atoms with Gasteiger partial charge in [0.15, 0.2) is 24.3 Å². The van der Waals surface area contributed by atoms with Crippen LogP contribution in [0.15, 0.2) is 30.3 Å². The summed E-state index contributed by atoms with van der Waals surface area (Å²) >= 11 is 0. The van der Waals surface area contributed by atoms with E-state index >= 15 is 4.79 Å². The van der Waals surface area contributed by atoms with Crippen molar-refractivity contribution in [2.75, 3.05) is 41.4 Å². The molecule has 67 heavy (non-hydrogen) atoms. The molecule has 1 aromatic rings. The maximum atomic E-state index is 15.3. The van der Waals surface area contributed by atoms with Gasteiger partial charge in [0, 0.05) is 49.3 Å². The Morgan fingerprint density at radius 3 is 2.24 bits per heavy atom. The standard InChI is InChI=1S/C51H76N2O14/c1-16-23-60-50(10)25-28(3)41(55)48(8)27-53(14)37-40(48)51(11,67-46(37)58)35(17-2)63-44(56)31(6)39(30(5)42(50)66-47-38(54)34(52(12)13)24-29(4)61-47)64-36-26-49(9,59-15)43(32(7)62-36)65-45(57)33-21-19-18-20-22-33/h1,18-22,28-32,34-40,42-43,47,54H,17,23-27H2,2-15H3/t28-,29-,30+,31-,32+,34+,35-,36+,37-,38-,39+,40-,42-,43+,47+,48-,49-,50+,51-/m1/s1. The van der Waals surface area contributed by atoms with Crippen LogP contribution >= 0.6 is 0 Å². The molecular formula is C51H76N2O14.